The second-order valence-corrected chi connectivity index (χ2v) is 12.3. The number of hydrogen-bond donors (Lipinski definition) is 3. The Morgan fingerprint density at radius 1 is 1.50 bits per heavy atom. The first-order valence-electron chi connectivity index (χ1n) is 11.5. The SMILES string of the molecule is CC(=O)OCc1cnc(C)c2c1CCP(=O)(OC[C@H]1O[C@@H](n3ccc4c(=O)[nH]c(N)nc43)[C@@](F)(Br)C1O)O2. The first-order chi connectivity index (χ1) is 17.9. The van der Waals surface area contributed by atoms with Crippen LogP contribution in [-0.2, 0) is 36.4 Å². The molecule has 2 aliphatic rings. The monoisotopic (exact) mass is 615 g/mol. The van der Waals surface area contributed by atoms with Crippen LogP contribution in [-0.4, -0.2) is 60.1 Å². The van der Waals surface area contributed by atoms with Gasteiger partial charge in [-0.3, -0.25) is 24.1 Å². The van der Waals surface area contributed by atoms with Crippen LogP contribution < -0.4 is 15.8 Å². The molecule has 3 aromatic rings. The van der Waals surface area contributed by atoms with Crippen LogP contribution in [0.4, 0.5) is 10.3 Å². The quantitative estimate of drug-likeness (QED) is 0.210. The van der Waals surface area contributed by atoms with Crippen LogP contribution in [0.5, 0.6) is 5.75 Å². The van der Waals surface area contributed by atoms with Crippen LogP contribution in [0.3, 0.4) is 0 Å². The van der Waals surface area contributed by atoms with E-state index in [1.807, 2.05) is 0 Å². The lowest BCUT2D eigenvalue weighted by Gasteiger charge is -2.28. The van der Waals surface area contributed by atoms with E-state index in [9.17, 15) is 19.3 Å². The molecule has 38 heavy (non-hydrogen) atoms. The molecule has 5 atom stereocenters. The third-order valence-corrected chi connectivity index (χ3v) is 9.00. The van der Waals surface area contributed by atoms with Crippen molar-refractivity contribution in [1.82, 2.24) is 19.5 Å². The van der Waals surface area contributed by atoms with Crippen molar-refractivity contribution in [3.05, 3.63) is 45.6 Å². The van der Waals surface area contributed by atoms with Crippen molar-refractivity contribution in [3.63, 3.8) is 0 Å². The number of alkyl halides is 2. The van der Waals surface area contributed by atoms with E-state index in [4.69, 9.17) is 24.3 Å². The number of hydrogen-bond acceptors (Lipinski definition) is 11. The van der Waals surface area contributed by atoms with E-state index < -0.39 is 48.7 Å². The van der Waals surface area contributed by atoms with E-state index in [2.05, 4.69) is 30.9 Å². The summed E-state index contributed by atoms with van der Waals surface area (Å²) in [6.45, 7) is 2.50. The van der Waals surface area contributed by atoms with E-state index >= 15 is 4.39 Å². The van der Waals surface area contributed by atoms with Crippen LogP contribution >= 0.6 is 23.5 Å². The number of nitrogens with zero attached hydrogens (tertiary/aromatic N) is 3. The molecule has 13 nitrogen and oxygen atoms in total. The summed E-state index contributed by atoms with van der Waals surface area (Å²) in [5.41, 5.74) is 6.97. The first-order valence-corrected chi connectivity index (χ1v) is 14.0. The number of aryl methyl sites for hydroxylation is 1. The molecular weight excluding hydrogens is 592 g/mol. The van der Waals surface area contributed by atoms with Gasteiger partial charge in [0.25, 0.3) is 5.56 Å². The van der Waals surface area contributed by atoms with E-state index in [1.54, 1.807) is 13.1 Å². The van der Waals surface area contributed by atoms with Crippen LogP contribution in [0.25, 0.3) is 11.0 Å². The maximum atomic E-state index is 15.7. The van der Waals surface area contributed by atoms with Gasteiger partial charge in [0.1, 0.15) is 18.8 Å². The Morgan fingerprint density at radius 3 is 3.00 bits per heavy atom. The minimum atomic E-state index is -3.74. The summed E-state index contributed by atoms with van der Waals surface area (Å²) in [5.74, 6) is -0.357. The van der Waals surface area contributed by atoms with Crippen LogP contribution in [0.2, 0.25) is 0 Å². The number of H-pyrrole nitrogens is 1. The number of fused-ring (bicyclic) bond motifs is 2. The Hall–Kier alpha value is -2.84. The summed E-state index contributed by atoms with van der Waals surface area (Å²) in [6, 6.07) is 1.42. The zero-order valence-corrected chi connectivity index (χ0v) is 22.7. The predicted molar refractivity (Wildman–Crippen MR) is 135 cm³/mol. The largest absolute Gasteiger partial charge is 0.461 e. The highest BCUT2D eigenvalue weighted by molar-refractivity contribution is 9.10. The Balaban J connectivity index is 1.33. The van der Waals surface area contributed by atoms with Gasteiger partial charge in [0.05, 0.1) is 23.8 Å². The summed E-state index contributed by atoms with van der Waals surface area (Å²) in [4.78, 5) is 34.0. The Bertz CT molecular complexity index is 1530. The molecule has 0 aromatic carbocycles. The molecule has 0 spiro atoms. The number of pyridine rings is 1. The molecule has 2 aliphatic heterocycles. The Labute approximate surface area is 223 Å². The fraction of sp³-hybridized carbons (Fsp3) is 0.455. The number of nitrogen functional groups attached to an aromatic ring is 1. The molecule has 0 amide bonds. The molecule has 204 valence electrons. The first kappa shape index (κ1) is 26.8. The molecule has 2 unspecified atom stereocenters. The second kappa shape index (κ2) is 9.72. The fourth-order valence-electron chi connectivity index (χ4n) is 4.44. The third-order valence-electron chi connectivity index (χ3n) is 6.37. The van der Waals surface area contributed by atoms with Crippen molar-refractivity contribution in [2.75, 3.05) is 18.5 Å². The van der Waals surface area contributed by atoms with Crippen molar-refractivity contribution in [1.29, 1.82) is 0 Å². The highest BCUT2D eigenvalue weighted by atomic mass is 79.9. The minimum Gasteiger partial charge on any atom is -0.461 e. The van der Waals surface area contributed by atoms with Crippen LogP contribution in [0.1, 0.15) is 30.0 Å². The van der Waals surface area contributed by atoms with E-state index in [-0.39, 0.29) is 35.5 Å². The predicted octanol–water partition coefficient (Wildman–Crippen LogP) is 2.24. The molecule has 0 aliphatic carbocycles. The Kier molecular flexibility index (Phi) is 6.84. The molecule has 5 heterocycles. The van der Waals surface area contributed by atoms with E-state index in [1.165, 1.54) is 23.8 Å². The van der Waals surface area contributed by atoms with Gasteiger partial charge in [-0.05, 0) is 35.3 Å². The van der Waals surface area contributed by atoms with Crippen molar-refractivity contribution < 1.29 is 37.4 Å². The molecule has 3 aromatic heterocycles. The van der Waals surface area contributed by atoms with Crippen molar-refractivity contribution in [3.8, 4) is 5.75 Å². The minimum absolute atomic E-state index is 0.00670. The van der Waals surface area contributed by atoms with Gasteiger partial charge in [-0.15, -0.1) is 0 Å². The number of esters is 1. The number of anilines is 1. The molecular formula is C22H24BrFN5O8P. The van der Waals surface area contributed by atoms with Gasteiger partial charge in [-0.25, -0.2) is 8.96 Å². The molecule has 0 radical (unpaired) electrons. The molecule has 1 fully saturated rings. The number of aromatic nitrogens is 4. The highest BCUT2D eigenvalue weighted by Crippen LogP contribution is 2.55. The summed E-state index contributed by atoms with van der Waals surface area (Å²) >= 11 is 2.89. The topological polar surface area (TPSA) is 181 Å². The number of nitrogens with two attached hydrogens (primary N) is 1. The number of carbonyl (C=O) groups is 1. The van der Waals surface area contributed by atoms with Gasteiger partial charge in [0.2, 0.25) is 10.5 Å². The summed E-state index contributed by atoms with van der Waals surface area (Å²) < 4.78 is 50.0. The lowest BCUT2D eigenvalue weighted by atomic mass is 10.1. The average molecular weight is 616 g/mol. The highest BCUT2D eigenvalue weighted by Gasteiger charge is 2.57. The maximum absolute atomic E-state index is 15.7. The normalized spacial score (nSPS) is 28.7. The zero-order chi connectivity index (χ0) is 27.4. The van der Waals surface area contributed by atoms with Gasteiger partial charge in [-0.2, -0.15) is 4.98 Å². The maximum Gasteiger partial charge on any atom is 0.379 e. The number of aliphatic hydroxyl groups is 1. The zero-order valence-electron chi connectivity index (χ0n) is 20.2. The van der Waals surface area contributed by atoms with Crippen molar-refractivity contribution >= 4 is 46.5 Å². The number of ether oxygens (including phenoxy) is 2. The Morgan fingerprint density at radius 2 is 2.26 bits per heavy atom. The fourth-order valence-corrected chi connectivity index (χ4v) is 6.73. The van der Waals surface area contributed by atoms with Gasteiger partial charge >= 0.3 is 13.6 Å². The van der Waals surface area contributed by atoms with E-state index in [0.29, 0.717) is 23.2 Å². The number of aliphatic hydroxyl groups excluding tert-OH is 1. The molecule has 4 N–H and O–H groups in total. The summed E-state index contributed by atoms with van der Waals surface area (Å²) in [6.07, 6.45) is -1.22. The summed E-state index contributed by atoms with van der Waals surface area (Å²) in [7, 11) is -3.74. The summed E-state index contributed by atoms with van der Waals surface area (Å²) in [5, 5.41) is 10.8. The second-order valence-electron chi connectivity index (χ2n) is 8.99. The molecule has 16 heteroatoms. The van der Waals surface area contributed by atoms with Crippen LogP contribution in [0.15, 0.2) is 23.3 Å². The van der Waals surface area contributed by atoms with Gasteiger partial charge in [-0.1, -0.05) is 0 Å². The lowest BCUT2D eigenvalue weighted by Crippen LogP contribution is -2.38. The molecule has 0 bridgehead atoms. The smallest absolute Gasteiger partial charge is 0.379 e. The number of nitrogens with one attached hydrogen (secondary N) is 1. The average Bonchev–Trinajstić information content (AvgIpc) is 3.36. The number of aromatic amines is 1. The lowest BCUT2D eigenvalue weighted by molar-refractivity contribution is -0.142. The van der Waals surface area contributed by atoms with Gasteiger partial charge in [0.15, 0.2) is 17.6 Å². The standard InChI is InChI=1S/C22H24BrFN5O8P/c1-10-16-13(12(7-26-10)8-34-11(2)30)4-6-38(33,37-16)35-9-15-17(31)22(23,24)20(36-15)29-5-3-14-18(29)27-21(25)28-19(14)32/h3,5,7,15,17,20,31H,4,6,8-9H2,1-2H3,(H3,25,27,28,32)/t15-,17?,20-,22-,38?/m1/s1. The number of carbonyl (C=O) groups excluding carboxylic acids is 1. The van der Waals surface area contributed by atoms with Gasteiger partial charge < -0.3 is 29.4 Å². The number of rotatable bonds is 6. The number of halogens is 2. The molecule has 1 saturated heterocycles. The molecule has 0 saturated carbocycles. The molecule has 5 rings (SSSR count). The van der Waals surface area contributed by atoms with E-state index in [0.717, 1.165) is 0 Å². The van der Waals surface area contributed by atoms with Crippen molar-refractivity contribution in [2.45, 2.75) is 49.9 Å². The van der Waals surface area contributed by atoms with Gasteiger partial charge in [0, 0.05) is 30.4 Å². The van der Waals surface area contributed by atoms with Crippen molar-refractivity contribution in [2.24, 2.45) is 0 Å². The third kappa shape index (κ3) is 4.73. The van der Waals surface area contributed by atoms with Crippen LogP contribution in [0, 0.1) is 6.92 Å².